The molecule has 0 radical (unpaired) electrons. The zero-order valence-electron chi connectivity index (χ0n) is 18.5. The molecule has 12 heteroatoms. The van der Waals surface area contributed by atoms with Gasteiger partial charge in [0.2, 0.25) is 0 Å². The molecule has 9 nitrogen and oxygen atoms in total. The van der Waals surface area contributed by atoms with Crippen molar-refractivity contribution in [3.05, 3.63) is 0 Å². The molecule has 1 saturated heterocycles. The van der Waals surface area contributed by atoms with Gasteiger partial charge in [-0.25, -0.2) is 0 Å². The number of halogens is 3. The average Bonchev–Trinajstić information content (AvgIpc) is 2.94. The predicted molar refractivity (Wildman–Crippen MR) is 114 cm³/mol. The number of hydrogen-bond donors (Lipinski definition) is 2. The lowest BCUT2D eigenvalue weighted by atomic mass is 9.96. The Morgan fingerprint density at radius 2 is 1.55 bits per heavy atom. The normalized spacial score (nSPS) is 25.6. The molecule has 0 aromatic carbocycles. The molecule has 1 fully saturated rings. The summed E-state index contributed by atoms with van der Waals surface area (Å²) < 4.78 is 19.3. The molecule has 2 N–H and O–H groups in total. The molecule has 0 aliphatic carbocycles. The third-order valence-corrected chi connectivity index (χ3v) is 4.80. The van der Waals surface area contributed by atoms with Gasteiger partial charge in [-0.1, -0.05) is 34.8 Å². The molecule has 180 valence electrons. The quantitative estimate of drug-likeness (QED) is 0.415. The lowest BCUT2D eigenvalue weighted by molar-refractivity contribution is -0.178. The van der Waals surface area contributed by atoms with Crippen molar-refractivity contribution in [3.63, 3.8) is 0 Å². The Morgan fingerprint density at radius 1 is 1.03 bits per heavy atom. The second kappa shape index (κ2) is 10.4. The standard InChI is InChI=1S/C19H30Cl3NO8/c1-17(2,3)15(26)29-8-9(24)11-12(31-16(27)18(4,5)6)10(13(28-7)30-11)23-14(25)19(20,21)22/h9-13,24H,8H2,1-7H3,(H,23,25)/t9-,10-,11+,12-,13-/m1/s1. The number of rotatable bonds is 6. The molecule has 0 aromatic heterocycles. The van der Waals surface area contributed by atoms with E-state index in [1.54, 1.807) is 41.5 Å². The fourth-order valence-corrected chi connectivity index (χ4v) is 2.65. The van der Waals surface area contributed by atoms with E-state index in [2.05, 4.69) is 5.32 Å². The Morgan fingerprint density at radius 3 is 1.97 bits per heavy atom. The summed E-state index contributed by atoms with van der Waals surface area (Å²) in [5, 5.41) is 13.1. The summed E-state index contributed by atoms with van der Waals surface area (Å²) in [6, 6.07) is -1.11. The minimum absolute atomic E-state index is 0.439. The largest absolute Gasteiger partial charge is 0.462 e. The van der Waals surface area contributed by atoms with Crippen LogP contribution in [0.3, 0.4) is 0 Å². The number of aliphatic hydroxyl groups is 1. The van der Waals surface area contributed by atoms with Crippen LogP contribution in [0.25, 0.3) is 0 Å². The fraction of sp³-hybridized carbons (Fsp3) is 0.842. The number of methoxy groups -OCH3 is 1. The number of nitrogens with one attached hydrogen (secondary N) is 1. The first-order valence-corrected chi connectivity index (χ1v) is 10.6. The number of carbonyl (C=O) groups excluding carboxylic acids is 3. The molecule has 0 aromatic rings. The van der Waals surface area contributed by atoms with Crippen LogP contribution in [0.2, 0.25) is 0 Å². The summed E-state index contributed by atoms with van der Waals surface area (Å²) in [6.45, 7) is 9.42. The van der Waals surface area contributed by atoms with Crippen molar-refractivity contribution < 1.29 is 38.4 Å². The van der Waals surface area contributed by atoms with Crippen LogP contribution < -0.4 is 5.32 Å². The number of esters is 2. The van der Waals surface area contributed by atoms with Gasteiger partial charge in [0.25, 0.3) is 9.70 Å². The molecule has 1 amide bonds. The minimum atomic E-state index is -2.30. The first-order valence-electron chi connectivity index (χ1n) is 9.52. The monoisotopic (exact) mass is 505 g/mol. The molecule has 5 atom stereocenters. The molecule has 1 rings (SSSR count). The zero-order valence-corrected chi connectivity index (χ0v) is 20.8. The van der Waals surface area contributed by atoms with Gasteiger partial charge in [0.05, 0.1) is 10.8 Å². The molecule has 0 unspecified atom stereocenters. The van der Waals surface area contributed by atoms with Gasteiger partial charge in [-0.2, -0.15) is 0 Å². The van der Waals surface area contributed by atoms with Crippen LogP contribution in [0.4, 0.5) is 0 Å². The molecule has 1 heterocycles. The number of ether oxygens (including phenoxy) is 4. The van der Waals surface area contributed by atoms with Crippen molar-refractivity contribution in [3.8, 4) is 0 Å². The van der Waals surface area contributed by atoms with Gasteiger partial charge in [0, 0.05) is 7.11 Å². The van der Waals surface area contributed by atoms with Gasteiger partial charge >= 0.3 is 11.9 Å². The second-order valence-corrected chi connectivity index (χ2v) is 11.5. The first-order chi connectivity index (χ1) is 13.9. The van der Waals surface area contributed by atoms with Gasteiger partial charge in [-0.05, 0) is 41.5 Å². The second-order valence-electron chi connectivity index (χ2n) is 9.24. The number of carbonyl (C=O) groups is 3. The lowest BCUT2D eigenvalue weighted by Gasteiger charge is -2.30. The molecular formula is C19H30Cl3NO8. The smallest absolute Gasteiger partial charge is 0.311 e. The summed E-state index contributed by atoms with van der Waals surface area (Å²) in [5.41, 5.74) is -1.69. The van der Waals surface area contributed by atoms with Crippen molar-refractivity contribution in [1.29, 1.82) is 0 Å². The highest BCUT2D eigenvalue weighted by Gasteiger charge is 2.53. The molecule has 0 spiro atoms. The van der Waals surface area contributed by atoms with E-state index < -0.39 is 69.7 Å². The van der Waals surface area contributed by atoms with E-state index in [9.17, 15) is 19.5 Å². The van der Waals surface area contributed by atoms with E-state index >= 15 is 0 Å². The van der Waals surface area contributed by atoms with E-state index in [0.717, 1.165) is 0 Å². The van der Waals surface area contributed by atoms with Crippen molar-refractivity contribution in [2.24, 2.45) is 10.8 Å². The van der Waals surface area contributed by atoms with E-state index in [1.165, 1.54) is 7.11 Å². The van der Waals surface area contributed by atoms with E-state index in [0.29, 0.717) is 0 Å². The Bertz CT molecular complexity index is 669. The van der Waals surface area contributed by atoms with Gasteiger partial charge in [-0.3, -0.25) is 14.4 Å². The van der Waals surface area contributed by atoms with Gasteiger partial charge in [0.15, 0.2) is 12.4 Å². The Labute approximate surface area is 196 Å². The summed E-state index contributed by atoms with van der Waals surface area (Å²) in [7, 11) is 1.29. The Balaban J connectivity index is 3.14. The maximum Gasteiger partial charge on any atom is 0.311 e. The zero-order chi connectivity index (χ0) is 24.4. The highest BCUT2D eigenvalue weighted by Crippen LogP contribution is 2.32. The highest BCUT2D eigenvalue weighted by molar-refractivity contribution is 6.76. The van der Waals surface area contributed by atoms with E-state index in [1.807, 2.05) is 0 Å². The minimum Gasteiger partial charge on any atom is -0.462 e. The molecule has 31 heavy (non-hydrogen) atoms. The maximum atomic E-state index is 12.5. The molecular weight excluding hydrogens is 477 g/mol. The van der Waals surface area contributed by atoms with Crippen molar-refractivity contribution in [2.75, 3.05) is 13.7 Å². The third kappa shape index (κ3) is 7.91. The van der Waals surface area contributed by atoms with Crippen LogP contribution in [-0.4, -0.2) is 71.1 Å². The molecule has 1 aliphatic heterocycles. The van der Waals surface area contributed by atoms with Crippen LogP contribution in [0.1, 0.15) is 41.5 Å². The molecule has 0 saturated carbocycles. The van der Waals surface area contributed by atoms with Crippen LogP contribution in [0.5, 0.6) is 0 Å². The van der Waals surface area contributed by atoms with Gasteiger partial charge in [-0.15, -0.1) is 0 Å². The van der Waals surface area contributed by atoms with Crippen molar-refractivity contribution >= 4 is 52.6 Å². The highest BCUT2D eigenvalue weighted by atomic mass is 35.6. The molecule has 1 aliphatic rings. The van der Waals surface area contributed by atoms with Gasteiger partial charge in [0.1, 0.15) is 24.9 Å². The predicted octanol–water partition coefficient (Wildman–Crippen LogP) is 2.12. The summed E-state index contributed by atoms with van der Waals surface area (Å²) in [5.74, 6) is -2.17. The van der Waals surface area contributed by atoms with E-state index in [-0.39, 0.29) is 0 Å². The summed E-state index contributed by atoms with van der Waals surface area (Å²) in [6.07, 6.45) is -4.98. The van der Waals surface area contributed by atoms with Crippen molar-refractivity contribution in [1.82, 2.24) is 5.32 Å². The average molecular weight is 507 g/mol. The summed E-state index contributed by atoms with van der Waals surface area (Å²) in [4.78, 5) is 36.8. The fourth-order valence-electron chi connectivity index (χ4n) is 2.48. The number of hydrogen-bond acceptors (Lipinski definition) is 8. The maximum absolute atomic E-state index is 12.5. The van der Waals surface area contributed by atoms with E-state index in [4.69, 9.17) is 53.8 Å². The SMILES string of the molecule is CO[C@@H]1O[C@@H]([C@H](O)COC(=O)C(C)(C)C)[C@H](OC(=O)C(C)(C)C)[C@H]1NC(=O)C(Cl)(Cl)Cl. The number of amides is 1. The third-order valence-electron chi connectivity index (χ3n) is 4.28. The number of aliphatic hydroxyl groups excluding tert-OH is 1. The lowest BCUT2D eigenvalue weighted by Crippen LogP contribution is -2.54. The van der Waals surface area contributed by atoms with Crippen LogP contribution in [0, 0.1) is 10.8 Å². The Hall–Kier alpha value is -0.840. The van der Waals surface area contributed by atoms with Crippen LogP contribution in [0.15, 0.2) is 0 Å². The summed E-state index contributed by atoms with van der Waals surface area (Å²) >= 11 is 16.9. The van der Waals surface area contributed by atoms with Crippen molar-refractivity contribution in [2.45, 2.75) is 76.0 Å². The van der Waals surface area contributed by atoms with Crippen LogP contribution in [-0.2, 0) is 33.3 Å². The first kappa shape index (κ1) is 28.2. The topological polar surface area (TPSA) is 120 Å². The number of alkyl halides is 3. The van der Waals surface area contributed by atoms with Crippen LogP contribution >= 0.6 is 34.8 Å². The van der Waals surface area contributed by atoms with Gasteiger partial charge < -0.3 is 29.4 Å². The Kier molecular flexibility index (Phi) is 9.46. The molecule has 0 bridgehead atoms.